The van der Waals surface area contributed by atoms with Gasteiger partial charge in [0.15, 0.2) is 0 Å². The van der Waals surface area contributed by atoms with Crippen LogP contribution in [0, 0.1) is 27.7 Å². The molecule has 31 heavy (non-hydrogen) atoms. The fraction of sp³-hybridized carbons (Fsp3) is 0.400. The third-order valence-corrected chi connectivity index (χ3v) is 6.61. The van der Waals surface area contributed by atoms with Crippen molar-refractivity contribution in [1.82, 2.24) is 9.88 Å². The monoisotopic (exact) mass is 419 g/mol. The highest BCUT2D eigenvalue weighted by molar-refractivity contribution is 6.39. The van der Waals surface area contributed by atoms with Crippen molar-refractivity contribution in [2.75, 3.05) is 4.90 Å². The van der Waals surface area contributed by atoms with Crippen molar-refractivity contribution in [2.24, 2.45) is 0 Å². The first-order chi connectivity index (χ1) is 14.8. The number of nitrogens with zero attached hydrogens (tertiary/aromatic N) is 2. The molecule has 1 saturated carbocycles. The van der Waals surface area contributed by atoms with Gasteiger partial charge in [-0.1, -0.05) is 25.3 Å². The molecule has 1 saturated heterocycles. The number of rotatable bonds is 3. The first-order valence-corrected chi connectivity index (χ1v) is 10.9. The number of hydrogen-bond acceptors (Lipinski definition) is 3. The van der Waals surface area contributed by atoms with Crippen molar-refractivity contribution < 1.29 is 14.4 Å². The smallest absolute Gasteiger partial charge is 0.335 e. The Morgan fingerprint density at radius 3 is 2.32 bits per heavy atom. The van der Waals surface area contributed by atoms with Gasteiger partial charge in [0.2, 0.25) is 0 Å². The van der Waals surface area contributed by atoms with E-state index in [1.54, 1.807) is 18.2 Å². The molecule has 1 aromatic carbocycles. The molecule has 4 amide bonds. The fourth-order valence-corrected chi connectivity index (χ4v) is 4.76. The van der Waals surface area contributed by atoms with Crippen LogP contribution >= 0.6 is 0 Å². The summed E-state index contributed by atoms with van der Waals surface area (Å²) >= 11 is 0. The van der Waals surface area contributed by atoms with Gasteiger partial charge in [0, 0.05) is 17.4 Å². The summed E-state index contributed by atoms with van der Waals surface area (Å²) < 4.78 is 2.34. The lowest BCUT2D eigenvalue weighted by Gasteiger charge is -2.27. The average molecular weight is 420 g/mol. The minimum absolute atomic E-state index is 0.0262. The molecule has 2 fully saturated rings. The molecular weight excluding hydrogens is 390 g/mol. The van der Waals surface area contributed by atoms with Crippen LogP contribution in [0.25, 0.3) is 6.08 Å². The summed E-state index contributed by atoms with van der Waals surface area (Å²) in [5.74, 6) is -1.25. The van der Waals surface area contributed by atoms with Crippen LogP contribution in [0.5, 0.6) is 0 Å². The Labute approximate surface area is 182 Å². The van der Waals surface area contributed by atoms with E-state index in [0.29, 0.717) is 11.7 Å². The lowest BCUT2D eigenvalue weighted by atomic mass is 9.95. The maximum absolute atomic E-state index is 13.2. The normalized spacial score (nSPS) is 19.3. The number of imide groups is 2. The van der Waals surface area contributed by atoms with Crippen molar-refractivity contribution in [3.63, 3.8) is 0 Å². The lowest BCUT2D eigenvalue weighted by Crippen LogP contribution is -2.54. The van der Waals surface area contributed by atoms with E-state index in [4.69, 9.17) is 0 Å². The van der Waals surface area contributed by atoms with Crippen LogP contribution in [-0.2, 0) is 9.59 Å². The topological polar surface area (TPSA) is 71.4 Å². The van der Waals surface area contributed by atoms with E-state index in [2.05, 4.69) is 16.8 Å². The zero-order chi connectivity index (χ0) is 22.3. The molecule has 1 aliphatic heterocycles. The first kappa shape index (κ1) is 21.1. The molecule has 0 spiro atoms. The Balaban J connectivity index is 1.71. The second kappa shape index (κ2) is 8.17. The largest absolute Gasteiger partial charge is 0.346 e. The van der Waals surface area contributed by atoms with Gasteiger partial charge in [-0.3, -0.25) is 14.9 Å². The van der Waals surface area contributed by atoms with Crippen LogP contribution in [0.4, 0.5) is 10.5 Å². The third kappa shape index (κ3) is 3.82. The number of urea groups is 1. The van der Waals surface area contributed by atoms with Gasteiger partial charge >= 0.3 is 6.03 Å². The molecule has 2 heterocycles. The van der Waals surface area contributed by atoms with Crippen LogP contribution in [0.1, 0.15) is 66.2 Å². The zero-order valence-electron chi connectivity index (χ0n) is 18.6. The number of aromatic nitrogens is 1. The van der Waals surface area contributed by atoms with Crippen LogP contribution in [0.3, 0.4) is 0 Å². The summed E-state index contributed by atoms with van der Waals surface area (Å²) in [6.45, 7) is 7.99. The highest BCUT2D eigenvalue weighted by atomic mass is 16.2. The van der Waals surface area contributed by atoms with Gasteiger partial charge in [-0.05, 0) is 81.5 Å². The van der Waals surface area contributed by atoms with Crippen molar-refractivity contribution in [1.29, 1.82) is 0 Å². The van der Waals surface area contributed by atoms with Gasteiger partial charge in [0.05, 0.1) is 5.69 Å². The number of amides is 4. The van der Waals surface area contributed by atoms with E-state index < -0.39 is 17.8 Å². The zero-order valence-corrected chi connectivity index (χ0v) is 18.6. The molecule has 6 nitrogen and oxygen atoms in total. The van der Waals surface area contributed by atoms with E-state index in [-0.39, 0.29) is 5.57 Å². The maximum Gasteiger partial charge on any atom is 0.335 e. The Kier molecular flexibility index (Phi) is 5.56. The predicted molar refractivity (Wildman–Crippen MR) is 121 cm³/mol. The summed E-state index contributed by atoms with van der Waals surface area (Å²) in [7, 11) is 0. The fourth-order valence-electron chi connectivity index (χ4n) is 4.76. The lowest BCUT2D eigenvalue weighted by molar-refractivity contribution is -0.122. The predicted octanol–water partition coefficient (Wildman–Crippen LogP) is 4.89. The van der Waals surface area contributed by atoms with Gasteiger partial charge in [-0.2, -0.15) is 0 Å². The molecule has 0 radical (unpaired) electrons. The second-order valence-electron chi connectivity index (χ2n) is 8.71. The maximum atomic E-state index is 13.2. The number of barbiturate groups is 1. The van der Waals surface area contributed by atoms with E-state index in [1.165, 1.54) is 19.3 Å². The number of carbonyl (C=O) groups is 3. The Morgan fingerprint density at radius 1 is 0.935 bits per heavy atom. The number of aryl methyl sites for hydroxylation is 3. The number of nitrogens with one attached hydrogen (secondary N) is 1. The quantitative estimate of drug-likeness (QED) is 0.569. The highest BCUT2D eigenvalue weighted by Crippen LogP contribution is 2.33. The third-order valence-electron chi connectivity index (χ3n) is 6.61. The molecule has 4 rings (SSSR count). The summed E-state index contributed by atoms with van der Waals surface area (Å²) in [4.78, 5) is 39.3. The van der Waals surface area contributed by atoms with E-state index >= 15 is 0 Å². The molecular formula is C25H29N3O3. The molecule has 2 aliphatic rings. The summed E-state index contributed by atoms with van der Waals surface area (Å²) in [6.07, 6.45) is 7.67. The number of hydrogen-bond donors (Lipinski definition) is 1. The van der Waals surface area contributed by atoms with Gasteiger partial charge in [0.25, 0.3) is 11.8 Å². The molecule has 0 unspecified atom stereocenters. The summed E-state index contributed by atoms with van der Waals surface area (Å²) in [5.41, 5.74) is 5.48. The molecule has 1 aliphatic carbocycles. The van der Waals surface area contributed by atoms with Gasteiger partial charge in [-0.15, -0.1) is 0 Å². The van der Waals surface area contributed by atoms with Gasteiger partial charge in [-0.25, -0.2) is 9.69 Å². The molecule has 6 heteroatoms. The van der Waals surface area contributed by atoms with E-state index in [0.717, 1.165) is 45.8 Å². The minimum Gasteiger partial charge on any atom is -0.346 e. The van der Waals surface area contributed by atoms with Crippen LogP contribution in [-0.4, -0.2) is 22.4 Å². The van der Waals surface area contributed by atoms with E-state index in [1.807, 2.05) is 32.9 Å². The van der Waals surface area contributed by atoms with Crippen molar-refractivity contribution >= 4 is 29.6 Å². The van der Waals surface area contributed by atoms with Gasteiger partial charge in [0.1, 0.15) is 5.57 Å². The highest BCUT2D eigenvalue weighted by Gasteiger charge is 2.37. The molecule has 0 atom stereocenters. The molecule has 1 aromatic heterocycles. The summed E-state index contributed by atoms with van der Waals surface area (Å²) in [5, 5.41) is 2.32. The van der Waals surface area contributed by atoms with E-state index in [9.17, 15) is 14.4 Å². The molecule has 1 N–H and O–H groups in total. The number of benzene rings is 1. The summed E-state index contributed by atoms with van der Waals surface area (Å²) in [6, 6.07) is 7.14. The Morgan fingerprint density at radius 2 is 1.65 bits per heavy atom. The second-order valence-corrected chi connectivity index (χ2v) is 8.71. The SMILES string of the molecule is Cc1ccc(N2C(=O)NC(=O)/C(=C\c3cc(C)n(C4CCCCC4)c3C)C2=O)cc1C. The van der Waals surface area contributed by atoms with Crippen LogP contribution < -0.4 is 10.2 Å². The Hall–Kier alpha value is -3.15. The van der Waals surface area contributed by atoms with Crippen LogP contribution in [0.15, 0.2) is 29.8 Å². The molecule has 0 bridgehead atoms. The van der Waals surface area contributed by atoms with Crippen molar-refractivity contribution in [3.8, 4) is 0 Å². The Bertz CT molecular complexity index is 1100. The van der Waals surface area contributed by atoms with Crippen molar-refractivity contribution in [3.05, 3.63) is 57.9 Å². The molecule has 2 aromatic rings. The van der Waals surface area contributed by atoms with Crippen LogP contribution in [0.2, 0.25) is 0 Å². The number of carbonyl (C=O) groups excluding carboxylic acids is 3. The first-order valence-electron chi connectivity index (χ1n) is 10.9. The molecule has 162 valence electrons. The minimum atomic E-state index is -0.719. The van der Waals surface area contributed by atoms with Gasteiger partial charge < -0.3 is 4.57 Å². The average Bonchev–Trinajstić information content (AvgIpc) is 3.01. The van der Waals surface area contributed by atoms with Crippen molar-refractivity contribution in [2.45, 2.75) is 65.8 Å². The standard InChI is InChI=1S/C25H29N3O3/c1-15-10-11-21(12-16(15)2)28-24(30)22(23(29)26-25(28)31)14-19-13-17(3)27(18(19)4)20-8-6-5-7-9-20/h10-14,20H,5-9H2,1-4H3,(H,26,29,31)/b22-14+. The number of anilines is 1.